The Labute approximate surface area is 128 Å². The van der Waals surface area contributed by atoms with Crippen molar-refractivity contribution >= 4 is 40.7 Å². The van der Waals surface area contributed by atoms with Crippen LogP contribution >= 0.6 is 23.2 Å². The first-order valence-corrected chi connectivity index (χ1v) is 7.15. The quantitative estimate of drug-likeness (QED) is 0.837. The first kappa shape index (κ1) is 14.9. The summed E-state index contributed by atoms with van der Waals surface area (Å²) in [6, 6.07) is 7.42. The summed E-state index contributed by atoms with van der Waals surface area (Å²) in [5.74, 6) is 1.27. The Hall–Kier alpha value is -1.52. The summed E-state index contributed by atoms with van der Waals surface area (Å²) in [5, 5.41) is 7.49. The van der Waals surface area contributed by atoms with Crippen LogP contribution in [0.15, 0.2) is 30.5 Å². The molecule has 1 aromatic heterocycles. The van der Waals surface area contributed by atoms with Crippen LogP contribution in [0.25, 0.3) is 0 Å². The van der Waals surface area contributed by atoms with Crippen LogP contribution in [0.4, 0.5) is 17.5 Å². The molecule has 2 rings (SSSR count). The Kier molecular flexibility index (Phi) is 5.04. The predicted molar refractivity (Wildman–Crippen MR) is 85.2 cm³/mol. The predicted octanol–water partition coefficient (Wildman–Crippen LogP) is 4.74. The van der Waals surface area contributed by atoms with Crippen molar-refractivity contribution in [2.24, 2.45) is 0 Å². The molecule has 0 aliphatic rings. The molecule has 2 aromatic rings. The fraction of sp³-hybridized carbons (Fsp3) is 0.286. The lowest BCUT2D eigenvalue weighted by molar-refractivity contribution is 0.758. The van der Waals surface area contributed by atoms with E-state index < -0.39 is 0 Å². The lowest BCUT2D eigenvalue weighted by Gasteiger charge is -2.13. The third-order valence-corrected chi connectivity index (χ3v) is 3.39. The molecule has 6 heteroatoms. The van der Waals surface area contributed by atoms with E-state index in [9.17, 15) is 0 Å². The van der Waals surface area contributed by atoms with Crippen LogP contribution in [0.1, 0.15) is 20.3 Å². The minimum absolute atomic E-state index is 0.358. The summed E-state index contributed by atoms with van der Waals surface area (Å²) in [6.07, 6.45) is 2.72. The van der Waals surface area contributed by atoms with E-state index in [1.54, 1.807) is 24.4 Å². The molecule has 20 heavy (non-hydrogen) atoms. The van der Waals surface area contributed by atoms with E-state index in [0.29, 0.717) is 22.0 Å². The first-order chi connectivity index (χ1) is 9.58. The number of hydrogen-bond acceptors (Lipinski definition) is 4. The van der Waals surface area contributed by atoms with E-state index in [2.05, 4.69) is 34.4 Å². The summed E-state index contributed by atoms with van der Waals surface area (Å²) in [6.45, 7) is 4.22. The maximum Gasteiger partial charge on any atom is 0.229 e. The van der Waals surface area contributed by atoms with Crippen LogP contribution in [0.3, 0.4) is 0 Å². The average molecular weight is 311 g/mol. The second kappa shape index (κ2) is 6.77. The van der Waals surface area contributed by atoms with Crippen molar-refractivity contribution < 1.29 is 0 Å². The molecule has 1 heterocycles. The number of halogens is 2. The van der Waals surface area contributed by atoms with Crippen LogP contribution in [0.2, 0.25) is 10.0 Å². The Balaban J connectivity index is 2.15. The fourth-order valence-electron chi connectivity index (χ4n) is 1.57. The maximum absolute atomic E-state index is 6.11. The summed E-state index contributed by atoms with van der Waals surface area (Å²) in [4.78, 5) is 8.57. The third-order valence-electron chi connectivity index (χ3n) is 2.84. The van der Waals surface area contributed by atoms with Crippen LogP contribution in [-0.4, -0.2) is 16.0 Å². The first-order valence-electron chi connectivity index (χ1n) is 6.40. The molecule has 0 saturated carbocycles. The zero-order valence-corrected chi connectivity index (χ0v) is 12.8. The van der Waals surface area contributed by atoms with Crippen molar-refractivity contribution in [3.63, 3.8) is 0 Å². The highest BCUT2D eigenvalue weighted by molar-refractivity contribution is 6.36. The Morgan fingerprint density at radius 2 is 2.05 bits per heavy atom. The number of anilines is 3. The molecule has 1 aromatic carbocycles. The highest BCUT2D eigenvalue weighted by atomic mass is 35.5. The number of aromatic nitrogens is 2. The van der Waals surface area contributed by atoms with Gasteiger partial charge in [0.25, 0.3) is 0 Å². The molecule has 0 aliphatic heterocycles. The molecule has 106 valence electrons. The monoisotopic (exact) mass is 310 g/mol. The Bertz CT molecular complexity index is 589. The van der Waals surface area contributed by atoms with E-state index in [0.717, 1.165) is 17.9 Å². The summed E-state index contributed by atoms with van der Waals surface area (Å²) in [5.41, 5.74) is 0.719. The van der Waals surface area contributed by atoms with Gasteiger partial charge in [-0.05, 0) is 37.6 Å². The number of nitrogens with zero attached hydrogens (tertiary/aromatic N) is 2. The second-order valence-corrected chi connectivity index (χ2v) is 5.31. The van der Waals surface area contributed by atoms with Gasteiger partial charge in [0.2, 0.25) is 5.95 Å². The van der Waals surface area contributed by atoms with Crippen molar-refractivity contribution in [3.8, 4) is 0 Å². The lowest BCUT2D eigenvalue weighted by atomic mass is 10.2. The molecule has 0 bridgehead atoms. The Morgan fingerprint density at radius 1 is 1.25 bits per heavy atom. The van der Waals surface area contributed by atoms with Crippen molar-refractivity contribution in [1.82, 2.24) is 9.97 Å². The average Bonchev–Trinajstić information content (AvgIpc) is 2.42. The zero-order valence-electron chi connectivity index (χ0n) is 11.3. The molecule has 4 nitrogen and oxygen atoms in total. The minimum atomic E-state index is 0.358. The zero-order chi connectivity index (χ0) is 14.5. The molecule has 1 unspecified atom stereocenters. The maximum atomic E-state index is 6.11. The second-order valence-electron chi connectivity index (χ2n) is 4.47. The van der Waals surface area contributed by atoms with Gasteiger partial charge in [-0.1, -0.05) is 30.1 Å². The summed E-state index contributed by atoms with van der Waals surface area (Å²) >= 11 is 12.0. The normalized spacial score (nSPS) is 12.0. The molecule has 0 radical (unpaired) electrons. The van der Waals surface area contributed by atoms with Gasteiger partial charge in [0, 0.05) is 17.3 Å². The Morgan fingerprint density at radius 3 is 2.75 bits per heavy atom. The van der Waals surface area contributed by atoms with Crippen LogP contribution in [-0.2, 0) is 0 Å². The van der Waals surface area contributed by atoms with Gasteiger partial charge in [-0.3, -0.25) is 0 Å². The van der Waals surface area contributed by atoms with Crippen LogP contribution < -0.4 is 10.6 Å². The van der Waals surface area contributed by atoms with Crippen molar-refractivity contribution in [2.75, 3.05) is 10.6 Å². The van der Waals surface area contributed by atoms with Gasteiger partial charge in [-0.25, -0.2) is 4.98 Å². The number of hydrogen-bond donors (Lipinski definition) is 2. The summed E-state index contributed by atoms with van der Waals surface area (Å²) < 4.78 is 0. The van der Waals surface area contributed by atoms with Gasteiger partial charge in [-0.15, -0.1) is 0 Å². The van der Waals surface area contributed by atoms with Crippen LogP contribution in [0, 0.1) is 0 Å². The molecule has 0 fully saturated rings. The molecule has 0 spiro atoms. The van der Waals surface area contributed by atoms with Gasteiger partial charge in [0.05, 0.1) is 10.7 Å². The van der Waals surface area contributed by atoms with Crippen LogP contribution in [0.5, 0.6) is 0 Å². The van der Waals surface area contributed by atoms with Crippen molar-refractivity contribution in [2.45, 2.75) is 26.3 Å². The fourth-order valence-corrected chi connectivity index (χ4v) is 2.02. The molecule has 1 atom stereocenters. The topological polar surface area (TPSA) is 49.8 Å². The SMILES string of the molecule is CCC(C)Nc1ccnc(Nc2ccc(Cl)cc2Cl)n1. The molecule has 0 amide bonds. The number of nitrogens with one attached hydrogen (secondary N) is 2. The minimum Gasteiger partial charge on any atom is -0.367 e. The largest absolute Gasteiger partial charge is 0.367 e. The number of rotatable bonds is 5. The van der Waals surface area contributed by atoms with E-state index >= 15 is 0 Å². The van der Waals surface area contributed by atoms with Gasteiger partial charge < -0.3 is 10.6 Å². The van der Waals surface area contributed by atoms with E-state index in [4.69, 9.17) is 23.2 Å². The van der Waals surface area contributed by atoms with Crippen molar-refractivity contribution in [1.29, 1.82) is 0 Å². The standard InChI is InChI=1S/C14H16Cl2N4/c1-3-9(2)18-13-6-7-17-14(20-13)19-12-5-4-10(15)8-11(12)16/h4-9H,3H2,1-2H3,(H2,17,18,19,20). The summed E-state index contributed by atoms with van der Waals surface area (Å²) in [7, 11) is 0. The van der Waals surface area contributed by atoms with Gasteiger partial charge in [-0.2, -0.15) is 4.98 Å². The molecule has 0 aliphatic carbocycles. The molecular weight excluding hydrogens is 295 g/mol. The molecule has 2 N–H and O–H groups in total. The molecular formula is C14H16Cl2N4. The number of benzene rings is 1. The van der Waals surface area contributed by atoms with E-state index in [1.807, 2.05) is 6.07 Å². The van der Waals surface area contributed by atoms with E-state index in [-0.39, 0.29) is 0 Å². The smallest absolute Gasteiger partial charge is 0.229 e. The lowest BCUT2D eigenvalue weighted by Crippen LogP contribution is -2.15. The van der Waals surface area contributed by atoms with Crippen molar-refractivity contribution in [3.05, 3.63) is 40.5 Å². The van der Waals surface area contributed by atoms with Gasteiger partial charge in [0.15, 0.2) is 0 Å². The van der Waals surface area contributed by atoms with E-state index in [1.165, 1.54) is 0 Å². The molecule has 0 saturated heterocycles. The third kappa shape index (κ3) is 3.99. The highest BCUT2D eigenvalue weighted by Gasteiger charge is 2.05. The highest BCUT2D eigenvalue weighted by Crippen LogP contribution is 2.27. The van der Waals surface area contributed by atoms with Gasteiger partial charge in [0.1, 0.15) is 5.82 Å². The van der Waals surface area contributed by atoms with Gasteiger partial charge >= 0.3 is 0 Å².